The fourth-order valence-electron chi connectivity index (χ4n) is 3.72. The molecule has 0 saturated carbocycles. The van der Waals surface area contributed by atoms with E-state index in [2.05, 4.69) is 20.0 Å². The number of benzene rings is 2. The number of amides is 1. The predicted octanol–water partition coefficient (Wildman–Crippen LogP) is 4.48. The summed E-state index contributed by atoms with van der Waals surface area (Å²) in [5.74, 6) is 1.09. The van der Waals surface area contributed by atoms with Gasteiger partial charge >= 0.3 is 0 Å². The summed E-state index contributed by atoms with van der Waals surface area (Å²) in [7, 11) is 0. The first-order valence-electron chi connectivity index (χ1n) is 9.93. The molecule has 31 heavy (non-hydrogen) atoms. The molecule has 4 aromatic rings. The molecule has 1 aliphatic rings. The van der Waals surface area contributed by atoms with Crippen molar-refractivity contribution in [1.82, 2.24) is 24.9 Å². The van der Waals surface area contributed by atoms with Crippen LogP contribution in [0, 0.1) is 0 Å². The van der Waals surface area contributed by atoms with Crippen molar-refractivity contribution in [3.05, 3.63) is 70.2 Å². The Bertz CT molecular complexity index is 1230. The molecule has 1 aliphatic heterocycles. The van der Waals surface area contributed by atoms with Crippen molar-refractivity contribution < 1.29 is 9.32 Å². The lowest BCUT2D eigenvalue weighted by molar-refractivity contribution is 0.0610. The molecule has 0 radical (unpaired) electrons. The van der Waals surface area contributed by atoms with Crippen LogP contribution in [0.1, 0.15) is 16.4 Å². The van der Waals surface area contributed by atoms with E-state index < -0.39 is 0 Å². The van der Waals surface area contributed by atoms with Crippen LogP contribution in [0.3, 0.4) is 0 Å². The van der Waals surface area contributed by atoms with Gasteiger partial charge in [-0.1, -0.05) is 28.4 Å². The van der Waals surface area contributed by atoms with Crippen LogP contribution in [0.4, 0.5) is 0 Å². The SMILES string of the molecule is O=C(c1cc2cc(Cl)ccc2[nH]1)N1CCN(Cc2nc(-c3ccc(Cl)cc3)no2)CC1. The minimum absolute atomic E-state index is 0.00483. The van der Waals surface area contributed by atoms with Crippen molar-refractivity contribution in [3.63, 3.8) is 0 Å². The van der Waals surface area contributed by atoms with Crippen molar-refractivity contribution in [1.29, 1.82) is 0 Å². The Labute approximate surface area is 188 Å². The zero-order valence-corrected chi connectivity index (χ0v) is 18.0. The molecule has 0 spiro atoms. The molecule has 0 bridgehead atoms. The smallest absolute Gasteiger partial charge is 0.270 e. The topological polar surface area (TPSA) is 78.3 Å². The normalized spacial score (nSPS) is 15.0. The lowest BCUT2D eigenvalue weighted by atomic mass is 10.2. The number of carbonyl (C=O) groups is 1. The third-order valence-corrected chi connectivity index (χ3v) is 5.89. The van der Waals surface area contributed by atoms with Gasteiger partial charge in [0.05, 0.1) is 6.54 Å². The number of piperazine rings is 1. The van der Waals surface area contributed by atoms with E-state index in [4.69, 9.17) is 27.7 Å². The quantitative estimate of drug-likeness (QED) is 0.490. The second-order valence-corrected chi connectivity index (χ2v) is 8.37. The molecule has 7 nitrogen and oxygen atoms in total. The summed E-state index contributed by atoms with van der Waals surface area (Å²) in [6.45, 7) is 3.28. The number of carbonyl (C=O) groups excluding carboxylic acids is 1. The number of halogens is 2. The Balaban J connectivity index is 1.19. The van der Waals surface area contributed by atoms with E-state index in [1.54, 1.807) is 12.1 Å². The highest BCUT2D eigenvalue weighted by molar-refractivity contribution is 6.31. The van der Waals surface area contributed by atoms with Crippen molar-refractivity contribution in [3.8, 4) is 11.4 Å². The largest absolute Gasteiger partial charge is 0.351 e. The lowest BCUT2D eigenvalue weighted by Crippen LogP contribution is -2.48. The van der Waals surface area contributed by atoms with Crippen LogP contribution >= 0.6 is 23.2 Å². The molecule has 2 aromatic carbocycles. The summed E-state index contributed by atoms with van der Waals surface area (Å²) in [5.41, 5.74) is 2.34. The van der Waals surface area contributed by atoms with E-state index in [-0.39, 0.29) is 5.91 Å². The van der Waals surface area contributed by atoms with Gasteiger partial charge in [-0.25, -0.2) is 0 Å². The summed E-state index contributed by atoms with van der Waals surface area (Å²) in [4.78, 5) is 24.6. The highest BCUT2D eigenvalue weighted by Crippen LogP contribution is 2.22. The Morgan fingerprint density at radius 1 is 1.00 bits per heavy atom. The molecular weight excluding hydrogens is 437 g/mol. The third-order valence-electron chi connectivity index (χ3n) is 5.40. The zero-order valence-electron chi connectivity index (χ0n) is 16.5. The van der Waals surface area contributed by atoms with Gasteiger partial charge in [-0.3, -0.25) is 9.69 Å². The first-order valence-corrected chi connectivity index (χ1v) is 10.7. The molecule has 5 rings (SSSR count). The van der Waals surface area contributed by atoms with Gasteiger partial charge in [0.1, 0.15) is 5.69 Å². The Kier molecular flexibility index (Phi) is 5.40. The van der Waals surface area contributed by atoms with Crippen LogP contribution < -0.4 is 0 Å². The van der Waals surface area contributed by atoms with Gasteiger partial charge < -0.3 is 14.4 Å². The van der Waals surface area contributed by atoms with Crippen molar-refractivity contribution in [2.24, 2.45) is 0 Å². The zero-order chi connectivity index (χ0) is 21.4. The average molecular weight is 456 g/mol. The molecule has 158 valence electrons. The molecule has 0 atom stereocenters. The number of hydrogen-bond acceptors (Lipinski definition) is 5. The van der Waals surface area contributed by atoms with Gasteiger partial charge in [-0.15, -0.1) is 0 Å². The summed E-state index contributed by atoms with van der Waals surface area (Å²) >= 11 is 12.0. The number of fused-ring (bicyclic) bond motifs is 1. The minimum Gasteiger partial charge on any atom is -0.351 e. The second-order valence-electron chi connectivity index (χ2n) is 7.50. The van der Waals surface area contributed by atoms with Crippen LogP contribution in [0.2, 0.25) is 10.0 Å². The molecule has 0 unspecified atom stereocenters. The Hall–Kier alpha value is -2.87. The van der Waals surface area contributed by atoms with Gasteiger partial charge in [-0.05, 0) is 48.5 Å². The minimum atomic E-state index is -0.00483. The number of hydrogen-bond donors (Lipinski definition) is 1. The van der Waals surface area contributed by atoms with Crippen molar-refractivity contribution in [2.75, 3.05) is 26.2 Å². The van der Waals surface area contributed by atoms with E-state index in [9.17, 15) is 4.79 Å². The van der Waals surface area contributed by atoms with Crippen LogP contribution in [-0.2, 0) is 6.54 Å². The van der Waals surface area contributed by atoms with Gasteiger partial charge in [-0.2, -0.15) is 4.98 Å². The molecule has 1 amide bonds. The summed E-state index contributed by atoms with van der Waals surface area (Å²) in [6.07, 6.45) is 0. The van der Waals surface area contributed by atoms with Crippen LogP contribution in [0.5, 0.6) is 0 Å². The summed E-state index contributed by atoms with van der Waals surface area (Å²) in [6, 6.07) is 14.7. The van der Waals surface area contributed by atoms with Crippen molar-refractivity contribution in [2.45, 2.75) is 6.54 Å². The maximum atomic E-state index is 12.9. The molecule has 2 aromatic heterocycles. The van der Waals surface area contributed by atoms with Gasteiger partial charge in [0.15, 0.2) is 0 Å². The molecule has 3 heterocycles. The predicted molar refractivity (Wildman–Crippen MR) is 119 cm³/mol. The van der Waals surface area contributed by atoms with Gasteiger partial charge in [0.25, 0.3) is 5.91 Å². The molecular formula is C22H19Cl2N5O2. The van der Waals surface area contributed by atoms with Gasteiger partial charge in [0, 0.05) is 52.7 Å². The molecule has 1 fully saturated rings. The number of H-pyrrole nitrogens is 1. The molecule has 0 aliphatic carbocycles. The highest BCUT2D eigenvalue weighted by Gasteiger charge is 2.24. The molecule has 1 N–H and O–H groups in total. The number of aromatic nitrogens is 3. The Morgan fingerprint density at radius 3 is 2.52 bits per heavy atom. The fourth-order valence-corrected chi connectivity index (χ4v) is 4.03. The fraction of sp³-hybridized carbons (Fsp3) is 0.227. The second kappa shape index (κ2) is 8.34. The third kappa shape index (κ3) is 4.30. The molecule has 1 saturated heterocycles. The van der Waals surface area contributed by atoms with E-state index in [0.29, 0.717) is 47.1 Å². The monoisotopic (exact) mass is 455 g/mol. The molecule has 9 heteroatoms. The number of aromatic amines is 1. The maximum absolute atomic E-state index is 12.9. The van der Waals surface area contributed by atoms with Crippen LogP contribution in [0.25, 0.3) is 22.3 Å². The summed E-state index contributed by atoms with van der Waals surface area (Å²) in [5, 5.41) is 6.31. The standard InChI is InChI=1S/C22H19Cl2N5O2/c23-16-3-1-14(2-4-16)21-26-20(31-27-21)13-28-7-9-29(10-8-28)22(30)19-12-15-11-17(24)5-6-18(15)25-19/h1-6,11-12,25H,7-10,13H2. The average Bonchev–Trinajstić information content (AvgIpc) is 3.41. The first kappa shape index (κ1) is 20.1. The van der Waals surface area contributed by atoms with Crippen LogP contribution in [-0.4, -0.2) is 57.0 Å². The number of nitrogens with zero attached hydrogens (tertiary/aromatic N) is 4. The van der Waals surface area contributed by atoms with E-state index in [0.717, 1.165) is 29.6 Å². The number of rotatable bonds is 4. The van der Waals surface area contributed by atoms with Gasteiger partial charge in [0.2, 0.25) is 11.7 Å². The number of nitrogens with one attached hydrogen (secondary N) is 1. The maximum Gasteiger partial charge on any atom is 0.270 e. The lowest BCUT2D eigenvalue weighted by Gasteiger charge is -2.33. The highest BCUT2D eigenvalue weighted by atomic mass is 35.5. The Morgan fingerprint density at radius 2 is 1.74 bits per heavy atom. The summed E-state index contributed by atoms with van der Waals surface area (Å²) < 4.78 is 5.41. The van der Waals surface area contributed by atoms with Crippen molar-refractivity contribution >= 4 is 40.0 Å². The van der Waals surface area contributed by atoms with E-state index in [1.165, 1.54) is 0 Å². The van der Waals surface area contributed by atoms with E-state index >= 15 is 0 Å². The van der Waals surface area contributed by atoms with E-state index in [1.807, 2.05) is 41.3 Å². The first-order chi connectivity index (χ1) is 15.0. The van der Waals surface area contributed by atoms with Crippen LogP contribution in [0.15, 0.2) is 53.1 Å².